The predicted octanol–water partition coefficient (Wildman–Crippen LogP) is 2.46. The Bertz CT molecular complexity index is 347. The standard InChI is InChI=1S/C11H13FO3/c1-3-11(2,10(13)14)15-9-6-4-8(12)5-7-9/h4-7H,3H2,1-2H3,(H,13,14)/t11-/m1/s1. The Morgan fingerprint density at radius 3 is 2.40 bits per heavy atom. The van der Waals surface area contributed by atoms with Crippen molar-refractivity contribution in [2.45, 2.75) is 25.9 Å². The first-order chi connectivity index (χ1) is 6.98. The summed E-state index contributed by atoms with van der Waals surface area (Å²) in [5, 5.41) is 8.95. The number of benzene rings is 1. The van der Waals surface area contributed by atoms with Gasteiger partial charge in [0.15, 0.2) is 0 Å². The molecule has 3 nitrogen and oxygen atoms in total. The maximum atomic E-state index is 12.6. The molecule has 0 aliphatic carbocycles. The van der Waals surface area contributed by atoms with Crippen molar-refractivity contribution in [3.8, 4) is 5.75 Å². The molecule has 0 fully saturated rings. The first-order valence-corrected chi connectivity index (χ1v) is 4.66. The van der Waals surface area contributed by atoms with Gasteiger partial charge in [0.05, 0.1) is 0 Å². The zero-order valence-corrected chi connectivity index (χ0v) is 8.66. The highest BCUT2D eigenvalue weighted by Gasteiger charge is 2.33. The van der Waals surface area contributed by atoms with Crippen LogP contribution in [-0.2, 0) is 4.79 Å². The summed E-state index contributed by atoms with van der Waals surface area (Å²) < 4.78 is 17.9. The van der Waals surface area contributed by atoms with Crippen LogP contribution in [0.15, 0.2) is 24.3 Å². The van der Waals surface area contributed by atoms with Gasteiger partial charge in [-0.25, -0.2) is 9.18 Å². The average Bonchev–Trinajstić information content (AvgIpc) is 2.21. The Hall–Kier alpha value is -1.58. The van der Waals surface area contributed by atoms with Gasteiger partial charge < -0.3 is 9.84 Å². The van der Waals surface area contributed by atoms with Crippen molar-refractivity contribution in [3.05, 3.63) is 30.1 Å². The number of aliphatic carboxylic acids is 1. The molecule has 4 heteroatoms. The number of hydrogen-bond acceptors (Lipinski definition) is 2. The van der Waals surface area contributed by atoms with Crippen molar-refractivity contribution in [2.24, 2.45) is 0 Å². The van der Waals surface area contributed by atoms with Gasteiger partial charge in [-0.05, 0) is 37.6 Å². The lowest BCUT2D eigenvalue weighted by molar-refractivity contribution is -0.154. The van der Waals surface area contributed by atoms with Crippen molar-refractivity contribution in [1.82, 2.24) is 0 Å². The number of carboxylic acids is 1. The maximum Gasteiger partial charge on any atom is 0.347 e. The zero-order valence-electron chi connectivity index (χ0n) is 8.66. The fourth-order valence-electron chi connectivity index (χ4n) is 1.03. The molecule has 1 atom stereocenters. The van der Waals surface area contributed by atoms with Gasteiger partial charge in [0.2, 0.25) is 5.60 Å². The average molecular weight is 212 g/mol. The van der Waals surface area contributed by atoms with E-state index in [9.17, 15) is 9.18 Å². The smallest absolute Gasteiger partial charge is 0.347 e. The van der Waals surface area contributed by atoms with Crippen LogP contribution in [0.5, 0.6) is 5.75 Å². The third kappa shape index (κ3) is 2.68. The van der Waals surface area contributed by atoms with E-state index in [0.29, 0.717) is 12.2 Å². The Labute approximate surface area is 87.5 Å². The Morgan fingerprint density at radius 1 is 1.47 bits per heavy atom. The molecule has 1 rings (SSSR count). The number of carbonyl (C=O) groups is 1. The zero-order chi connectivity index (χ0) is 11.5. The predicted molar refractivity (Wildman–Crippen MR) is 53.4 cm³/mol. The van der Waals surface area contributed by atoms with Crippen molar-refractivity contribution in [3.63, 3.8) is 0 Å². The summed E-state index contributed by atoms with van der Waals surface area (Å²) in [6.45, 7) is 3.20. The van der Waals surface area contributed by atoms with Crippen LogP contribution in [0.3, 0.4) is 0 Å². The van der Waals surface area contributed by atoms with Crippen molar-refractivity contribution in [2.75, 3.05) is 0 Å². The second-order valence-corrected chi connectivity index (χ2v) is 3.45. The number of halogens is 1. The molecular formula is C11H13FO3. The first-order valence-electron chi connectivity index (χ1n) is 4.66. The van der Waals surface area contributed by atoms with E-state index < -0.39 is 11.6 Å². The van der Waals surface area contributed by atoms with Gasteiger partial charge in [-0.3, -0.25) is 0 Å². The van der Waals surface area contributed by atoms with Crippen LogP contribution in [0.25, 0.3) is 0 Å². The fraction of sp³-hybridized carbons (Fsp3) is 0.364. The molecule has 82 valence electrons. The van der Waals surface area contributed by atoms with Crippen molar-refractivity contribution >= 4 is 5.97 Å². The topological polar surface area (TPSA) is 46.5 Å². The summed E-state index contributed by atoms with van der Waals surface area (Å²) in [6, 6.07) is 5.28. The quantitative estimate of drug-likeness (QED) is 0.833. The number of hydrogen-bond donors (Lipinski definition) is 1. The molecular weight excluding hydrogens is 199 g/mol. The molecule has 0 saturated carbocycles. The summed E-state index contributed by atoms with van der Waals surface area (Å²) in [4.78, 5) is 10.9. The molecule has 1 N–H and O–H groups in total. The van der Waals surface area contributed by atoms with E-state index >= 15 is 0 Å². The summed E-state index contributed by atoms with van der Waals surface area (Å²) in [6.07, 6.45) is 0.333. The molecule has 0 spiro atoms. The van der Waals surface area contributed by atoms with Gasteiger partial charge in [0.1, 0.15) is 11.6 Å². The minimum Gasteiger partial charge on any atom is -0.478 e. The molecule has 15 heavy (non-hydrogen) atoms. The SMILES string of the molecule is CC[C@@](C)(Oc1ccc(F)cc1)C(=O)O. The summed E-state index contributed by atoms with van der Waals surface area (Å²) in [7, 11) is 0. The van der Waals surface area contributed by atoms with E-state index in [2.05, 4.69) is 0 Å². The molecule has 0 heterocycles. The van der Waals surface area contributed by atoms with Crippen molar-refractivity contribution in [1.29, 1.82) is 0 Å². The Balaban J connectivity index is 2.84. The van der Waals surface area contributed by atoms with Crippen LogP contribution in [0, 0.1) is 5.82 Å². The summed E-state index contributed by atoms with van der Waals surface area (Å²) in [5.41, 5.74) is -1.27. The minimum absolute atomic E-state index is 0.333. The third-order valence-electron chi connectivity index (χ3n) is 2.28. The number of ether oxygens (including phenoxy) is 1. The van der Waals surface area contributed by atoms with E-state index in [1.165, 1.54) is 31.2 Å². The van der Waals surface area contributed by atoms with Gasteiger partial charge in [0.25, 0.3) is 0 Å². The second-order valence-electron chi connectivity index (χ2n) is 3.45. The van der Waals surface area contributed by atoms with Gasteiger partial charge in [0, 0.05) is 0 Å². The molecule has 0 aromatic heterocycles. The molecule has 0 saturated heterocycles. The lowest BCUT2D eigenvalue weighted by atomic mass is 10.0. The molecule has 0 aliphatic rings. The van der Waals surface area contributed by atoms with E-state index in [4.69, 9.17) is 9.84 Å². The van der Waals surface area contributed by atoms with E-state index in [-0.39, 0.29) is 5.82 Å². The van der Waals surface area contributed by atoms with Crippen LogP contribution in [0.2, 0.25) is 0 Å². The summed E-state index contributed by atoms with van der Waals surface area (Å²) in [5.74, 6) is -1.06. The normalized spacial score (nSPS) is 14.3. The highest BCUT2D eigenvalue weighted by atomic mass is 19.1. The molecule has 0 bridgehead atoms. The lowest BCUT2D eigenvalue weighted by Crippen LogP contribution is -2.40. The lowest BCUT2D eigenvalue weighted by Gasteiger charge is -2.24. The van der Waals surface area contributed by atoms with Crippen LogP contribution in [0.1, 0.15) is 20.3 Å². The number of rotatable bonds is 4. The first kappa shape index (κ1) is 11.5. The molecule has 1 aromatic rings. The highest BCUT2D eigenvalue weighted by Crippen LogP contribution is 2.21. The molecule has 0 aliphatic heterocycles. The van der Waals surface area contributed by atoms with Crippen LogP contribution >= 0.6 is 0 Å². The largest absolute Gasteiger partial charge is 0.478 e. The molecule has 0 unspecified atom stereocenters. The molecule has 0 amide bonds. The van der Waals surface area contributed by atoms with Crippen LogP contribution in [-0.4, -0.2) is 16.7 Å². The van der Waals surface area contributed by atoms with Crippen molar-refractivity contribution < 1.29 is 19.0 Å². The second kappa shape index (κ2) is 4.29. The van der Waals surface area contributed by atoms with Crippen LogP contribution < -0.4 is 4.74 Å². The number of carboxylic acid groups (broad SMARTS) is 1. The minimum atomic E-state index is -1.27. The van der Waals surface area contributed by atoms with Crippen LogP contribution in [0.4, 0.5) is 4.39 Å². The molecule has 0 radical (unpaired) electrons. The van der Waals surface area contributed by atoms with Gasteiger partial charge in [-0.15, -0.1) is 0 Å². The van der Waals surface area contributed by atoms with Gasteiger partial charge >= 0.3 is 5.97 Å². The highest BCUT2D eigenvalue weighted by molar-refractivity contribution is 5.77. The van der Waals surface area contributed by atoms with E-state index in [1.54, 1.807) is 6.92 Å². The monoisotopic (exact) mass is 212 g/mol. The maximum absolute atomic E-state index is 12.6. The fourth-order valence-corrected chi connectivity index (χ4v) is 1.03. The van der Waals surface area contributed by atoms with Gasteiger partial charge in [-0.1, -0.05) is 6.92 Å². The van der Waals surface area contributed by atoms with E-state index in [0.717, 1.165) is 0 Å². The molecule has 1 aromatic carbocycles. The summed E-state index contributed by atoms with van der Waals surface area (Å²) >= 11 is 0. The Kier molecular flexibility index (Phi) is 3.29. The Morgan fingerprint density at radius 2 is 2.00 bits per heavy atom. The third-order valence-corrected chi connectivity index (χ3v) is 2.28. The van der Waals surface area contributed by atoms with E-state index in [1.807, 2.05) is 0 Å². The van der Waals surface area contributed by atoms with Gasteiger partial charge in [-0.2, -0.15) is 0 Å².